The van der Waals surface area contributed by atoms with E-state index in [1.807, 2.05) is 31.3 Å². The van der Waals surface area contributed by atoms with Gasteiger partial charge >= 0.3 is 0 Å². The molecule has 3 rings (SSSR count). The molecular formula is C16H22N2O2. The van der Waals surface area contributed by atoms with Crippen LogP contribution in [0.5, 0.6) is 5.75 Å². The molecule has 1 aliphatic heterocycles. The van der Waals surface area contributed by atoms with Crippen LogP contribution in [0.2, 0.25) is 0 Å². The lowest BCUT2D eigenvalue weighted by molar-refractivity contribution is -0.120. The maximum Gasteiger partial charge on any atom is 0.230 e. The van der Waals surface area contributed by atoms with Crippen molar-refractivity contribution in [2.75, 3.05) is 32.1 Å². The zero-order valence-electron chi connectivity index (χ0n) is 12.2. The zero-order valence-corrected chi connectivity index (χ0v) is 12.2. The van der Waals surface area contributed by atoms with Gasteiger partial charge in [-0.25, -0.2) is 0 Å². The molecule has 1 amide bonds. The Hall–Kier alpha value is -1.55. The molecule has 1 heterocycles. The molecule has 4 nitrogen and oxygen atoms in total. The molecule has 1 spiro atoms. The largest absolute Gasteiger partial charge is 0.497 e. The number of benzene rings is 1. The van der Waals surface area contributed by atoms with Crippen molar-refractivity contribution in [2.45, 2.75) is 19.3 Å². The first-order valence-corrected chi connectivity index (χ1v) is 7.29. The number of nitrogens with one attached hydrogen (secondary N) is 1. The number of nitrogens with zero attached hydrogens (tertiary/aromatic N) is 1. The molecule has 1 atom stereocenters. The molecule has 20 heavy (non-hydrogen) atoms. The summed E-state index contributed by atoms with van der Waals surface area (Å²) in [6, 6.07) is 7.69. The van der Waals surface area contributed by atoms with E-state index in [1.54, 1.807) is 12.0 Å². The van der Waals surface area contributed by atoms with Crippen molar-refractivity contribution in [2.24, 2.45) is 11.3 Å². The minimum atomic E-state index is 0.209. The summed E-state index contributed by atoms with van der Waals surface area (Å²) < 4.78 is 5.22. The Bertz CT molecular complexity index is 509. The number of rotatable bonds is 3. The summed E-state index contributed by atoms with van der Waals surface area (Å²) in [7, 11) is 3.51. The molecule has 1 aliphatic carbocycles. The van der Waals surface area contributed by atoms with Crippen LogP contribution < -0.4 is 15.0 Å². The smallest absolute Gasteiger partial charge is 0.230 e. The van der Waals surface area contributed by atoms with Gasteiger partial charge in [0.1, 0.15) is 5.75 Å². The number of hydrogen-bond donors (Lipinski definition) is 1. The first-order chi connectivity index (χ1) is 9.66. The predicted molar refractivity (Wildman–Crippen MR) is 79.0 cm³/mol. The van der Waals surface area contributed by atoms with Crippen molar-refractivity contribution in [3.63, 3.8) is 0 Å². The lowest BCUT2D eigenvalue weighted by Crippen LogP contribution is -2.34. The summed E-state index contributed by atoms with van der Waals surface area (Å²) in [5, 5.41) is 3.37. The lowest BCUT2D eigenvalue weighted by atomic mass is 9.91. The highest BCUT2D eigenvalue weighted by atomic mass is 16.5. The zero-order chi connectivity index (χ0) is 14.2. The summed E-state index contributed by atoms with van der Waals surface area (Å²) >= 11 is 0. The van der Waals surface area contributed by atoms with Gasteiger partial charge in [0.05, 0.1) is 7.11 Å². The van der Waals surface area contributed by atoms with Gasteiger partial charge in [0.25, 0.3) is 0 Å². The van der Waals surface area contributed by atoms with E-state index in [-0.39, 0.29) is 17.2 Å². The molecule has 2 fully saturated rings. The van der Waals surface area contributed by atoms with Gasteiger partial charge in [0.15, 0.2) is 0 Å². The molecule has 1 unspecified atom stereocenters. The van der Waals surface area contributed by atoms with Gasteiger partial charge in [-0.2, -0.15) is 0 Å². The Morgan fingerprint density at radius 3 is 2.85 bits per heavy atom. The Labute approximate surface area is 120 Å². The third kappa shape index (κ3) is 2.29. The van der Waals surface area contributed by atoms with Gasteiger partial charge < -0.3 is 15.0 Å². The van der Waals surface area contributed by atoms with E-state index in [1.165, 1.54) is 0 Å². The molecule has 1 N–H and O–H groups in total. The molecular weight excluding hydrogens is 252 g/mol. The maximum absolute atomic E-state index is 12.6. The van der Waals surface area contributed by atoms with Crippen molar-refractivity contribution in [1.29, 1.82) is 0 Å². The van der Waals surface area contributed by atoms with Gasteiger partial charge in [-0.05, 0) is 49.9 Å². The van der Waals surface area contributed by atoms with E-state index >= 15 is 0 Å². The second-order valence-electron chi connectivity index (χ2n) is 5.97. The Morgan fingerprint density at radius 2 is 2.15 bits per heavy atom. The van der Waals surface area contributed by atoms with Crippen LogP contribution >= 0.6 is 0 Å². The Morgan fingerprint density at radius 1 is 1.40 bits per heavy atom. The quantitative estimate of drug-likeness (QED) is 0.917. The molecule has 108 valence electrons. The van der Waals surface area contributed by atoms with Crippen LogP contribution in [0.15, 0.2) is 24.3 Å². The predicted octanol–water partition coefficient (Wildman–Crippen LogP) is 2.05. The molecule has 1 saturated carbocycles. The van der Waals surface area contributed by atoms with Crippen LogP contribution in [0.25, 0.3) is 0 Å². The lowest BCUT2D eigenvalue weighted by Gasteiger charge is -2.25. The van der Waals surface area contributed by atoms with Crippen molar-refractivity contribution in [1.82, 2.24) is 5.32 Å². The van der Waals surface area contributed by atoms with E-state index < -0.39 is 0 Å². The molecule has 1 aromatic carbocycles. The van der Waals surface area contributed by atoms with Gasteiger partial charge in [0.2, 0.25) is 5.91 Å². The average Bonchev–Trinajstić information content (AvgIpc) is 3.19. The molecule has 1 aromatic rings. The van der Waals surface area contributed by atoms with E-state index in [9.17, 15) is 4.79 Å². The second kappa shape index (κ2) is 5.09. The van der Waals surface area contributed by atoms with Crippen molar-refractivity contribution in [3.8, 4) is 5.75 Å². The maximum atomic E-state index is 12.6. The molecule has 0 radical (unpaired) electrons. The van der Waals surface area contributed by atoms with Crippen LogP contribution in [0, 0.1) is 11.3 Å². The number of amides is 1. The van der Waals surface area contributed by atoms with Crippen LogP contribution in [0.3, 0.4) is 0 Å². The first-order valence-electron chi connectivity index (χ1n) is 7.29. The summed E-state index contributed by atoms with van der Waals surface area (Å²) in [5.41, 5.74) is 1.19. The topological polar surface area (TPSA) is 41.6 Å². The van der Waals surface area contributed by atoms with E-state index in [2.05, 4.69) is 5.32 Å². The van der Waals surface area contributed by atoms with Gasteiger partial charge in [-0.1, -0.05) is 6.07 Å². The first kappa shape index (κ1) is 13.4. The highest BCUT2D eigenvalue weighted by molar-refractivity contribution is 5.97. The summed E-state index contributed by atoms with van der Waals surface area (Å²) in [6.07, 6.45) is 3.33. The van der Waals surface area contributed by atoms with Crippen molar-refractivity contribution >= 4 is 11.6 Å². The number of hydrogen-bond acceptors (Lipinski definition) is 3. The van der Waals surface area contributed by atoms with E-state index in [0.29, 0.717) is 0 Å². The standard InChI is InChI=1S/C16H22N2O2/c1-18(12-4-3-5-13(10-12)20-2)15(19)14-11-16(14)6-8-17-9-7-16/h3-5,10,14,17H,6-9,11H2,1-2H3. The number of anilines is 1. The number of methoxy groups -OCH3 is 1. The fourth-order valence-electron chi connectivity index (χ4n) is 3.35. The number of ether oxygens (including phenoxy) is 1. The minimum absolute atomic E-state index is 0.209. The van der Waals surface area contributed by atoms with Crippen molar-refractivity contribution < 1.29 is 9.53 Å². The van der Waals surface area contributed by atoms with E-state index in [4.69, 9.17) is 4.74 Å². The SMILES string of the molecule is COc1cccc(N(C)C(=O)C2CC23CCNCC3)c1. The van der Waals surface area contributed by atoms with Gasteiger partial charge in [-0.3, -0.25) is 4.79 Å². The molecule has 4 heteroatoms. The highest BCUT2D eigenvalue weighted by Gasteiger charge is 2.58. The van der Waals surface area contributed by atoms with Crippen LogP contribution in [-0.2, 0) is 4.79 Å². The number of carbonyl (C=O) groups is 1. The summed E-state index contributed by atoms with van der Waals surface area (Å²) in [5.74, 6) is 1.25. The fourth-order valence-corrected chi connectivity index (χ4v) is 3.35. The Balaban J connectivity index is 1.71. The molecule has 2 aliphatic rings. The summed E-state index contributed by atoms with van der Waals surface area (Å²) in [4.78, 5) is 14.4. The summed E-state index contributed by atoms with van der Waals surface area (Å²) in [6.45, 7) is 2.10. The minimum Gasteiger partial charge on any atom is -0.497 e. The van der Waals surface area contributed by atoms with Crippen LogP contribution in [0.1, 0.15) is 19.3 Å². The molecule has 0 aromatic heterocycles. The van der Waals surface area contributed by atoms with Crippen LogP contribution in [-0.4, -0.2) is 33.2 Å². The molecule has 1 saturated heterocycles. The van der Waals surface area contributed by atoms with Crippen molar-refractivity contribution in [3.05, 3.63) is 24.3 Å². The second-order valence-corrected chi connectivity index (χ2v) is 5.97. The van der Waals surface area contributed by atoms with Gasteiger partial charge in [0, 0.05) is 24.7 Å². The molecule has 0 bridgehead atoms. The van der Waals surface area contributed by atoms with Gasteiger partial charge in [-0.15, -0.1) is 0 Å². The number of carbonyl (C=O) groups excluding carboxylic acids is 1. The van der Waals surface area contributed by atoms with E-state index in [0.717, 1.165) is 43.8 Å². The normalized spacial score (nSPS) is 23.4. The third-order valence-corrected chi connectivity index (χ3v) is 4.86. The van der Waals surface area contributed by atoms with Crippen LogP contribution in [0.4, 0.5) is 5.69 Å². The third-order valence-electron chi connectivity index (χ3n) is 4.86. The average molecular weight is 274 g/mol. The fraction of sp³-hybridized carbons (Fsp3) is 0.562. The Kier molecular flexibility index (Phi) is 3.42. The highest BCUT2D eigenvalue weighted by Crippen LogP contribution is 2.59. The number of piperidine rings is 1. The monoisotopic (exact) mass is 274 g/mol.